The van der Waals surface area contributed by atoms with Crippen molar-refractivity contribution >= 4 is 27.9 Å². The molecule has 0 unspecified atom stereocenters. The van der Waals surface area contributed by atoms with E-state index in [0.717, 1.165) is 11.6 Å². The van der Waals surface area contributed by atoms with Crippen LogP contribution in [0.2, 0.25) is 0 Å². The molecule has 0 saturated carbocycles. The predicted molar refractivity (Wildman–Crippen MR) is 102 cm³/mol. The lowest BCUT2D eigenvalue weighted by Crippen LogP contribution is -2.11. The Balaban J connectivity index is 2.45. The Morgan fingerprint density at radius 1 is 0.889 bits per heavy atom. The number of benzene rings is 2. The van der Waals surface area contributed by atoms with E-state index in [4.69, 9.17) is 9.47 Å². The predicted octanol–water partition coefficient (Wildman–Crippen LogP) is 4.62. The van der Waals surface area contributed by atoms with Crippen molar-refractivity contribution in [3.8, 4) is 16.9 Å². The van der Waals surface area contributed by atoms with Crippen LogP contribution in [0.3, 0.4) is 0 Å². The van der Waals surface area contributed by atoms with Crippen molar-refractivity contribution in [2.75, 3.05) is 14.2 Å². The molecular weight excluding hydrogens is 417 g/mol. The van der Waals surface area contributed by atoms with Crippen LogP contribution in [-0.2, 0) is 9.47 Å². The van der Waals surface area contributed by atoms with Gasteiger partial charge in [0.1, 0.15) is 11.1 Å². The first-order chi connectivity index (χ1) is 13.0. The highest BCUT2D eigenvalue weighted by molar-refractivity contribution is 9.10. The Hall–Kier alpha value is -2.93. The summed E-state index contributed by atoms with van der Waals surface area (Å²) in [5, 5.41) is 0. The van der Waals surface area contributed by atoms with Gasteiger partial charge in [0.05, 0.1) is 19.9 Å². The van der Waals surface area contributed by atoms with Crippen LogP contribution < -0.4 is 0 Å². The molecule has 0 saturated heterocycles. The Morgan fingerprint density at radius 3 is 2.00 bits per heavy atom. The third-order valence-electron chi connectivity index (χ3n) is 4.02. The first-order valence-corrected chi connectivity index (χ1v) is 8.71. The van der Waals surface area contributed by atoms with E-state index in [2.05, 4.69) is 15.9 Å². The molecule has 0 N–H and O–H groups in total. The van der Waals surface area contributed by atoms with Crippen molar-refractivity contribution in [3.05, 3.63) is 76.1 Å². The zero-order valence-corrected chi connectivity index (χ0v) is 16.1. The van der Waals surface area contributed by atoms with E-state index < -0.39 is 23.4 Å². The van der Waals surface area contributed by atoms with Crippen LogP contribution in [0.15, 0.2) is 59.1 Å². The minimum Gasteiger partial charge on any atom is -0.465 e. The van der Waals surface area contributed by atoms with Gasteiger partial charge in [0.25, 0.3) is 0 Å². The van der Waals surface area contributed by atoms with Gasteiger partial charge in [0.15, 0.2) is 0 Å². The molecule has 138 valence electrons. The van der Waals surface area contributed by atoms with Crippen LogP contribution >= 0.6 is 15.9 Å². The summed E-state index contributed by atoms with van der Waals surface area (Å²) in [6.07, 6.45) is 0. The molecule has 0 amide bonds. The third-order valence-corrected chi connectivity index (χ3v) is 4.55. The van der Waals surface area contributed by atoms with Crippen molar-refractivity contribution in [3.63, 3.8) is 0 Å². The minimum atomic E-state index is -0.957. The summed E-state index contributed by atoms with van der Waals surface area (Å²) >= 11 is 3.35. The third kappa shape index (κ3) is 3.38. The van der Waals surface area contributed by atoms with Crippen molar-refractivity contribution in [1.29, 1.82) is 0 Å². The van der Waals surface area contributed by atoms with Crippen molar-refractivity contribution in [2.24, 2.45) is 0 Å². The molecule has 5 nitrogen and oxygen atoms in total. The summed E-state index contributed by atoms with van der Waals surface area (Å²) in [6.45, 7) is 0. The van der Waals surface area contributed by atoms with E-state index in [1.54, 1.807) is 54.6 Å². The minimum absolute atomic E-state index is 0.187. The smallest absolute Gasteiger partial charge is 0.343 e. The fraction of sp³-hybridized carbons (Fsp3) is 0.100. The zero-order valence-electron chi connectivity index (χ0n) is 14.5. The monoisotopic (exact) mass is 431 g/mol. The molecule has 0 aliphatic carbocycles. The van der Waals surface area contributed by atoms with E-state index >= 15 is 4.39 Å². The maximum Gasteiger partial charge on any atom is 0.343 e. The van der Waals surface area contributed by atoms with Gasteiger partial charge in [0, 0.05) is 10.2 Å². The first-order valence-electron chi connectivity index (χ1n) is 7.91. The molecule has 27 heavy (non-hydrogen) atoms. The molecule has 0 radical (unpaired) electrons. The number of carbonyl (C=O) groups is 2. The molecule has 0 spiro atoms. The molecular formula is C20H15BrFNO4. The molecule has 2 aromatic carbocycles. The molecule has 1 heterocycles. The molecule has 1 aromatic heterocycles. The zero-order chi connectivity index (χ0) is 19.6. The Morgan fingerprint density at radius 2 is 1.44 bits per heavy atom. The summed E-state index contributed by atoms with van der Waals surface area (Å²) in [5.41, 5.74) is 0.544. The number of rotatable bonds is 4. The summed E-state index contributed by atoms with van der Waals surface area (Å²) < 4.78 is 26.9. The van der Waals surface area contributed by atoms with Crippen LogP contribution in [-0.4, -0.2) is 30.7 Å². The average Bonchev–Trinajstić information content (AvgIpc) is 3.01. The molecule has 0 bridgehead atoms. The Bertz CT molecular complexity index is 997. The number of methoxy groups -OCH3 is 2. The second-order valence-electron chi connectivity index (χ2n) is 5.55. The molecule has 0 aliphatic rings. The van der Waals surface area contributed by atoms with E-state index in [1.165, 1.54) is 11.7 Å². The fourth-order valence-corrected chi connectivity index (χ4v) is 3.10. The number of halogens is 2. The highest BCUT2D eigenvalue weighted by Gasteiger charge is 2.34. The molecule has 7 heteroatoms. The number of esters is 2. The number of carbonyl (C=O) groups excluding carboxylic acids is 2. The second kappa shape index (κ2) is 7.75. The largest absolute Gasteiger partial charge is 0.465 e. The van der Waals surface area contributed by atoms with Crippen molar-refractivity contribution < 1.29 is 23.5 Å². The van der Waals surface area contributed by atoms with Gasteiger partial charge in [-0.05, 0) is 29.8 Å². The lowest BCUT2D eigenvalue weighted by molar-refractivity contribution is 0.0553. The molecule has 0 atom stereocenters. The van der Waals surface area contributed by atoms with E-state index in [9.17, 15) is 9.59 Å². The van der Waals surface area contributed by atoms with Gasteiger partial charge in [-0.3, -0.25) is 4.57 Å². The number of hydrogen-bond acceptors (Lipinski definition) is 4. The number of para-hydroxylation sites is 1. The van der Waals surface area contributed by atoms with Crippen LogP contribution in [0.25, 0.3) is 16.9 Å². The number of ether oxygens (including phenoxy) is 2. The lowest BCUT2D eigenvalue weighted by Gasteiger charge is -2.11. The van der Waals surface area contributed by atoms with Gasteiger partial charge in [-0.15, -0.1) is 0 Å². The summed E-state index contributed by atoms with van der Waals surface area (Å²) in [6, 6.07) is 15.5. The van der Waals surface area contributed by atoms with Crippen molar-refractivity contribution in [1.82, 2.24) is 4.57 Å². The Labute approximate surface area is 163 Å². The standard InChI is InChI=1S/C20H15BrFNO4/c1-26-19(24)15-16(20(25)27-2)18(22)23(14-6-4-3-5-7-14)17(15)12-8-10-13(21)11-9-12/h3-11H,1-2H3. The maximum absolute atomic E-state index is 15.4. The highest BCUT2D eigenvalue weighted by Crippen LogP contribution is 2.35. The van der Waals surface area contributed by atoms with Gasteiger partial charge in [-0.25, -0.2) is 9.59 Å². The Kier molecular flexibility index (Phi) is 5.41. The first kappa shape index (κ1) is 18.8. The number of aromatic nitrogens is 1. The van der Waals surface area contributed by atoms with E-state index in [1.807, 2.05) is 0 Å². The average molecular weight is 432 g/mol. The fourth-order valence-electron chi connectivity index (χ4n) is 2.83. The van der Waals surface area contributed by atoms with E-state index in [-0.39, 0.29) is 11.3 Å². The van der Waals surface area contributed by atoms with E-state index in [0.29, 0.717) is 11.3 Å². The van der Waals surface area contributed by atoms with Gasteiger partial charge in [-0.1, -0.05) is 46.3 Å². The number of nitrogens with zero attached hydrogens (tertiary/aromatic N) is 1. The van der Waals surface area contributed by atoms with Crippen LogP contribution in [0.5, 0.6) is 0 Å². The molecule has 3 aromatic rings. The van der Waals surface area contributed by atoms with Gasteiger partial charge >= 0.3 is 11.9 Å². The van der Waals surface area contributed by atoms with Crippen LogP contribution in [0, 0.1) is 5.95 Å². The van der Waals surface area contributed by atoms with Gasteiger partial charge < -0.3 is 9.47 Å². The number of hydrogen-bond donors (Lipinski definition) is 0. The summed E-state index contributed by atoms with van der Waals surface area (Å²) in [7, 11) is 2.30. The van der Waals surface area contributed by atoms with Gasteiger partial charge in [0.2, 0.25) is 5.95 Å². The maximum atomic E-state index is 15.4. The summed E-state index contributed by atoms with van der Waals surface area (Å²) in [4.78, 5) is 24.8. The lowest BCUT2D eigenvalue weighted by atomic mass is 10.0. The topological polar surface area (TPSA) is 57.5 Å². The van der Waals surface area contributed by atoms with Crippen LogP contribution in [0.4, 0.5) is 4.39 Å². The van der Waals surface area contributed by atoms with Gasteiger partial charge in [-0.2, -0.15) is 4.39 Å². The highest BCUT2D eigenvalue weighted by atomic mass is 79.9. The summed E-state index contributed by atoms with van der Waals surface area (Å²) in [5.74, 6) is -2.69. The molecule has 0 fully saturated rings. The normalized spacial score (nSPS) is 10.5. The quantitative estimate of drug-likeness (QED) is 0.565. The molecule has 0 aliphatic heterocycles. The van der Waals surface area contributed by atoms with Crippen molar-refractivity contribution in [2.45, 2.75) is 0 Å². The van der Waals surface area contributed by atoms with Crippen LogP contribution in [0.1, 0.15) is 20.7 Å². The second-order valence-corrected chi connectivity index (χ2v) is 6.47. The SMILES string of the molecule is COC(=O)c1c(C(=O)OC)c(-c2ccc(Br)cc2)n(-c2ccccc2)c1F. The molecule has 3 rings (SSSR count).